The van der Waals surface area contributed by atoms with Crippen molar-refractivity contribution < 1.29 is 24.2 Å². The van der Waals surface area contributed by atoms with Crippen LogP contribution >= 0.6 is 46.1 Å². The third kappa shape index (κ3) is 13.0. The highest BCUT2D eigenvalue weighted by molar-refractivity contribution is 7.09. The molecule has 3 unspecified atom stereocenters. The number of halogens is 3. The molecule has 1 N–H and O–H groups in total. The summed E-state index contributed by atoms with van der Waals surface area (Å²) in [5.74, 6) is -1.33. The standard InChI is InChI=1S/C30H44Cl3NO5S/c1-20(2)11-9-12-21(3)13-10-14-22(4)30(25-18-40-24(6)34-25,39-27(37)38-19-29(31,32)33)23(5)17-28(7,8)16-15-26(35)36/h10,12-13,18,22-23H,1,9,11,14-17,19H2,2-8H3,(H,35,36). The van der Waals surface area contributed by atoms with Gasteiger partial charge >= 0.3 is 12.1 Å². The molecule has 1 aromatic heterocycles. The topological polar surface area (TPSA) is 85.7 Å². The first-order valence-electron chi connectivity index (χ1n) is 13.4. The largest absolute Gasteiger partial charge is 0.509 e. The molecule has 0 fully saturated rings. The van der Waals surface area contributed by atoms with Gasteiger partial charge in [0.2, 0.25) is 3.79 Å². The number of carboxylic acid groups (broad SMARTS) is 1. The van der Waals surface area contributed by atoms with E-state index >= 15 is 0 Å². The lowest BCUT2D eigenvalue weighted by Gasteiger charge is -2.44. The Morgan fingerprint density at radius 2 is 1.82 bits per heavy atom. The van der Waals surface area contributed by atoms with Gasteiger partial charge in [0.25, 0.3) is 0 Å². The Balaban J connectivity index is 3.45. The molecule has 1 heterocycles. The van der Waals surface area contributed by atoms with Crippen molar-refractivity contribution in [3.8, 4) is 0 Å². The van der Waals surface area contributed by atoms with Crippen LogP contribution in [-0.4, -0.2) is 32.6 Å². The monoisotopic (exact) mass is 635 g/mol. The Labute approximate surface area is 258 Å². The van der Waals surface area contributed by atoms with Crippen LogP contribution in [0.1, 0.15) is 90.8 Å². The fourth-order valence-electron chi connectivity index (χ4n) is 4.87. The number of aryl methyl sites for hydroxylation is 1. The quantitative estimate of drug-likeness (QED) is 0.0841. The second-order valence-corrected chi connectivity index (χ2v) is 15.0. The van der Waals surface area contributed by atoms with Crippen LogP contribution in [0, 0.1) is 24.2 Å². The number of rotatable bonds is 16. The number of thiazole rings is 1. The number of carboxylic acids is 1. The molecule has 0 aliphatic rings. The van der Waals surface area contributed by atoms with Crippen LogP contribution < -0.4 is 0 Å². The molecule has 3 atom stereocenters. The van der Waals surface area contributed by atoms with Crippen LogP contribution in [-0.2, 0) is 19.9 Å². The summed E-state index contributed by atoms with van der Waals surface area (Å²) in [4.78, 5) is 29.1. The van der Waals surface area contributed by atoms with E-state index in [1.165, 1.54) is 11.3 Å². The molecule has 10 heteroatoms. The number of hydrogen-bond donors (Lipinski definition) is 1. The van der Waals surface area contributed by atoms with E-state index in [1.807, 2.05) is 46.9 Å². The zero-order valence-corrected chi connectivity index (χ0v) is 27.8. The van der Waals surface area contributed by atoms with E-state index in [9.17, 15) is 14.7 Å². The van der Waals surface area contributed by atoms with Crippen molar-refractivity contribution in [3.63, 3.8) is 0 Å². The lowest BCUT2D eigenvalue weighted by atomic mass is 9.68. The summed E-state index contributed by atoms with van der Waals surface area (Å²) in [6, 6.07) is 0. The number of aliphatic carboxylic acids is 1. The molecule has 0 bridgehead atoms. The molecule has 0 aliphatic carbocycles. The molecular weight excluding hydrogens is 593 g/mol. The number of alkyl halides is 3. The highest BCUT2D eigenvalue weighted by Gasteiger charge is 2.50. The molecule has 1 rings (SSSR count). The first kappa shape index (κ1) is 36.5. The smallest absolute Gasteiger partial charge is 0.481 e. The van der Waals surface area contributed by atoms with Gasteiger partial charge < -0.3 is 14.6 Å². The van der Waals surface area contributed by atoms with E-state index in [-0.39, 0.29) is 23.7 Å². The Bertz CT molecular complexity index is 1060. The predicted molar refractivity (Wildman–Crippen MR) is 166 cm³/mol. The van der Waals surface area contributed by atoms with E-state index in [2.05, 4.69) is 31.7 Å². The van der Waals surface area contributed by atoms with Crippen molar-refractivity contribution >= 4 is 58.3 Å². The Morgan fingerprint density at radius 3 is 2.35 bits per heavy atom. The number of carbonyl (C=O) groups excluding carboxylic acids is 1. The third-order valence-corrected chi connectivity index (χ3v) is 7.97. The van der Waals surface area contributed by atoms with Crippen molar-refractivity contribution in [1.29, 1.82) is 0 Å². The van der Waals surface area contributed by atoms with Crippen molar-refractivity contribution in [3.05, 3.63) is 52.0 Å². The minimum atomic E-state index is -1.79. The first-order chi connectivity index (χ1) is 18.4. The fraction of sp³-hybridized carbons (Fsp3) is 0.633. The Kier molecular flexibility index (Phi) is 14.8. The third-order valence-electron chi connectivity index (χ3n) is 6.87. The van der Waals surface area contributed by atoms with Crippen LogP contribution in [0.4, 0.5) is 4.79 Å². The molecule has 0 radical (unpaired) electrons. The van der Waals surface area contributed by atoms with Gasteiger partial charge in [-0.2, -0.15) is 0 Å². The molecule has 6 nitrogen and oxygen atoms in total. The van der Waals surface area contributed by atoms with Crippen LogP contribution in [0.5, 0.6) is 0 Å². The number of nitrogens with zero attached hydrogens (tertiary/aromatic N) is 1. The van der Waals surface area contributed by atoms with Gasteiger partial charge in [-0.15, -0.1) is 17.9 Å². The minimum absolute atomic E-state index is 0.0456. The van der Waals surface area contributed by atoms with Gasteiger partial charge in [0.1, 0.15) is 6.61 Å². The van der Waals surface area contributed by atoms with E-state index in [0.29, 0.717) is 25.0 Å². The molecule has 0 aromatic carbocycles. The molecule has 40 heavy (non-hydrogen) atoms. The summed E-state index contributed by atoms with van der Waals surface area (Å²) in [5.41, 5.74) is 1.37. The number of carbonyl (C=O) groups is 2. The second-order valence-electron chi connectivity index (χ2n) is 11.4. The first-order valence-corrected chi connectivity index (χ1v) is 15.4. The Morgan fingerprint density at radius 1 is 1.18 bits per heavy atom. The van der Waals surface area contributed by atoms with Gasteiger partial charge in [-0.25, -0.2) is 9.78 Å². The summed E-state index contributed by atoms with van der Waals surface area (Å²) in [5, 5.41) is 12.0. The molecule has 0 spiro atoms. The number of ether oxygens (including phenoxy) is 2. The summed E-state index contributed by atoms with van der Waals surface area (Å²) in [6.07, 6.45) is 8.88. The van der Waals surface area contributed by atoms with Gasteiger partial charge in [0, 0.05) is 23.6 Å². The molecular formula is C30H44Cl3NO5S. The van der Waals surface area contributed by atoms with Gasteiger partial charge in [0.15, 0.2) is 5.60 Å². The average molecular weight is 637 g/mol. The van der Waals surface area contributed by atoms with Crippen molar-refractivity contribution in [1.82, 2.24) is 4.98 Å². The van der Waals surface area contributed by atoms with Crippen LogP contribution in [0.15, 0.2) is 41.3 Å². The highest BCUT2D eigenvalue weighted by Crippen LogP contribution is 2.48. The molecule has 1 aromatic rings. The van der Waals surface area contributed by atoms with Crippen LogP contribution in [0.25, 0.3) is 0 Å². The summed E-state index contributed by atoms with van der Waals surface area (Å²) in [6.45, 7) is 17.5. The lowest BCUT2D eigenvalue weighted by Crippen LogP contribution is -2.46. The fourth-order valence-corrected chi connectivity index (χ4v) is 5.70. The molecule has 0 saturated heterocycles. The Hall–Kier alpha value is -1.54. The number of hydrogen-bond acceptors (Lipinski definition) is 6. The predicted octanol–water partition coefficient (Wildman–Crippen LogP) is 9.97. The SMILES string of the molecule is C=C(C)CCC=C(C)C=CCC(C)C(OC(=O)OCC(Cl)(Cl)Cl)(c1csc(C)n1)C(C)CC(C)(C)CCC(=O)O. The lowest BCUT2D eigenvalue weighted by molar-refractivity contribution is -0.138. The van der Waals surface area contributed by atoms with E-state index in [1.54, 1.807) is 0 Å². The average Bonchev–Trinajstić information content (AvgIpc) is 3.25. The van der Waals surface area contributed by atoms with Gasteiger partial charge in [-0.3, -0.25) is 4.79 Å². The zero-order chi connectivity index (χ0) is 30.7. The molecule has 0 aliphatic heterocycles. The minimum Gasteiger partial charge on any atom is -0.481 e. The molecule has 0 amide bonds. The van der Waals surface area contributed by atoms with Gasteiger partial charge in [0.05, 0.1) is 10.7 Å². The maximum Gasteiger partial charge on any atom is 0.509 e. The van der Waals surface area contributed by atoms with Crippen LogP contribution in [0.3, 0.4) is 0 Å². The number of allylic oxidation sites excluding steroid dienone is 5. The normalized spacial score (nSPS) is 15.9. The summed E-state index contributed by atoms with van der Waals surface area (Å²) in [7, 11) is 0. The molecule has 0 saturated carbocycles. The maximum atomic E-state index is 13.1. The maximum absolute atomic E-state index is 13.1. The second kappa shape index (κ2) is 16.2. The van der Waals surface area contributed by atoms with E-state index in [4.69, 9.17) is 49.3 Å². The van der Waals surface area contributed by atoms with Crippen molar-refractivity contribution in [2.75, 3.05) is 6.61 Å². The number of aromatic nitrogens is 1. The zero-order valence-electron chi connectivity index (χ0n) is 24.7. The summed E-state index contributed by atoms with van der Waals surface area (Å²) >= 11 is 18.9. The van der Waals surface area contributed by atoms with Crippen molar-refractivity contribution in [2.24, 2.45) is 17.3 Å². The van der Waals surface area contributed by atoms with E-state index < -0.39 is 28.1 Å². The molecule has 226 valence electrons. The van der Waals surface area contributed by atoms with Crippen molar-refractivity contribution in [2.45, 2.75) is 96.4 Å². The van der Waals surface area contributed by atoms with Gasteiger partial charge in [-0.1, -0.05) is 91.9 Å². The highest BCUT2D eigenvalue weighted by atomic mass is 35.6. The van der Waals surface area contributed by atoms with Gasteiger partial charge in [-0.05, 0) is 58.3 Å². The van der Waals surface area contributed by atoms with Crippen LogP contribution in [0.2, 0.25) is 0 Å². The summed E-state index contributed by atoms with van der Waals surface area (Å²) < 4.78 is 9.64. The van der Waals surface area contributed by atoms with E-state index in [0.717, 1.165) is 29.0 Å².